The Kier molecular flexibility index (Phi) is 22.6. The number of ether oxygens (including phenoxy) is 1. The van der Waals surface area contributed by atoms with E-state index in [4.69, 9.17) is 16.2 Å². The molecule has 2 aliphatic heterocycles. The van der Waals surface area contributed by atoms with Crippen LogP contribution in [0.1, 0.15) is 131 Å². The molecule has 2 atom stereocenters. The van der Waals surface area contributed by atoms with Gasteiger partial charge in [-0.2, -0.15) is 0 Å². The number of Topliss-reactive ketones (excluding diaryl/α,β-unsaturated/α-hetero) is 2. The first-order chi connectivity index (χ1) is 35.9. The van der Waals surface area contributed by atoms with Crippen LogP contribution in [0.5, 0.6) is 0 Å². The van der Waals surface area contributed by atoms with E-state index in [1.165, 1.54) is 18.3 Å². The molecule has 0 fully saturated rings. The topological polar surface area (TPSA) is 283 Å². The van der Waals surface area contributed by atoms with Gasteiger partial charge in [0, 0.05) is 99.2 Å². The van der Waals surface area contributed by atoms with Gasteiger partial charge in [0.2, 0.25) is 11.8 Å². The van der Waals surface area contributed by atoms with Crippen molar-refractivity contribution in [3.05, 3.63) is 106 Å². The highest BCUT2D eigenvalue weighted by molar-refractivity contribution is 6.13. The second kappa shape index (κ2) is 29.2. The Morgan fingerprint density at radius 3 is 2.23 bits per heavy atom. The number of anilines is 1. The zero-order valence-electron chi connectivity index (χ0n) is 43.5. The summed E-state index contributed by atoms with van der Waals surface area (Å²) in [5.41, 5.74) is 16.0. The predicted molar refractivity (Wildman–Crippen MR) is 284 cm³/mol. The van der Waals surface area contributed by atoms with Gasteiger partial charge >= 0.3 is 12.0 Å². The third-order valence-corrected chi connectivity index (χ3v) is 12.8. The van der Waals surface area contributed by atoms with Crippen LogP contribution < -0.4 is 27.4 Å². The zero-order valence-corrected chi connectivity index (χ0v) is 43.5. The number of benzene rings is 2. The number of nitrogens with two attached hydrogens (primary N) is 2. The Balaban J connectivity index is 1.09. The standard InChI is InChI=1S/C56H71N9O10/c1-5-24-64(25-6-2)55(73)42-29-40-18-19-41(30-47(40)62-49(57)31-42)53(71)61-43-27-39(33-59-34-43)17-22-52(70)75-35-38-15-13-37(14-16-38)28-48(67)46(12-10-23-60-56(58)74)63-54(72)45(36(3)4)32-44(66)11-8-7-9-26-65-50(68)20-21-51(65)69/h13-16,18-21,27,29-30,33-34,36,45-46H,5-12,17,22-26,28,31-32,35H2,1-4H3,(H2,57,62)(H,61,71)(H,63,72)(H3,58,60,74)/t45?,46-/m0/s1. The molecule has 3 aromatic rings. The van der Waals surface area contributed by atoms with E-state index >= 15 is 0 Å². The molecule has 0 radical (unpaired) electrons. The van der Waals surface area contributed by atoms with Crippen molar-refractivity contribution >= 4 is 76.4 Å². The molecule has 0 saturated carbocycles. The number of esters is 1. The molecule has 3 heterocycles. The van der Waals surface area contributed by atoms with Gasteiger partial charge in [-0.1, -0.05) is 64.4 Å². The van der Waals surface area contributed by atoms with Crippen LogP contribution in [0.2, 0.25) is 0 Å². The van der Waals surface area contributed by atoms with E-state index < -0.39 is 35.8 Å². The summed E-state index contributed by atoms with van der Waals surface area (Å²) in [6.07, 6.45) is 12.1. The number of rotatable bonds is 30. The largest absolute Gasteiger partial charge is 0.461 e. The Hall–Kier alpha value is -7.83. The van der Waals surface area contributed by atoms with E-state index in [1.807, 2.05) is 32.6 Å². The summed E-state index contributed by atoms with van der Waals surface area (Å²) in [7, 11) is 0. The minimum atomic E-state index is -0.907. The molecule has 0 spiro atoms. The first kappa shape index (κ1) is 58.1. The highest BCUT2D eigenvalue weighted by Gasteiger charge is 2.30. The van der Waals surface area contributed by atoms with Crippen LogP contribution in [-0.2, 0) is 57.7 Å². The van der Waals surface area contributed by atoms with E-state index in [9.17, 15) is 43.2 Å². The van der Waals surface area contributed by atoms with Crippen molar-refractivity contribution in [3.8, 4) is 0 Å². The van der Waals surface area contributed by atoms with Crippen LogP contribution in [0.3, 0.4) is 0 Å². The van der Waals surface area contributed by atoms with Crippen molar-refractivity contribution in [1.29, 1.82) is 0 Å². The van der Waals surface area contributed by atoms with Gasteiger partial charge in [0.05, 0.1) is 23.6 Å². The molecule has 2 aromatic carbocycles. The number of hydrogen-bond donors (Lipinski definition) is 5. The third kappa shape index (κ3) is 18.6. The number of aliphatic imine (C=N–C) groups is 1. The molecule has 19 nitrogen and oxygen atoms in total. The number of nitrogens with one attached hydrogen (secondary N) is 3. The van der Waals surface area contributed by atoms with Crippen LogP contribution in [0.4, 0.5) is 16.2 Å². The SMILES string of the molecule is CCCN(CCC)C(=O)C1=Cc2ccc(C(=O)Nc3cncc(CCC(=O)OCc4ccc(CC(=O)[C@H](CCCNC(N)=O)NC(=O)C(CC(=O)CCCCCN5C(=O)C=CC5=O)C(C)C)cc4)c3)cc2N=C(N)C1. The summed E-state index contributed by atoms with van der Waals surface area (Å²) in [6.45, 7) is 9.47. The molecule has 19 heteroatoms. The van der Waals surface area contributed by atoms with Crippen LogP contribution in [0, 0.1) is 11.8 Å². The number of imide groups is 1. The quantitative estimate of drug-likeness (QED) is 0.0284. The molecule has 2 aliphatic rings. The number of aryl methyl sites for hydroxylation is 1. The Morgan fingerprint density at radius 1 is 0.840 bits per heavy atom. The van der Waals surface area contributed by atoms with Gasteiger partial charge in [-0.15, -0.1) is 0 Å². The summed E-state index contributed by atoms with van der Waals surface area (Å²) >= 11 is 0. The van der Waals surface area contributed by atoms with Gasteiger partial charge in [-0.25, -0.2) is 9.79 Å². The normalized spacial score (nSPS) is 13.7. The van der Waals surface area contributed by atoms with Crippen LogP contribution in [0.25, 0.3) is 6.08 Å². The number of primary amides is 1. The second-order valence-corrected chi connectivity index (χ2v) is 19.2. The fraction of sp³-hybridized carbons (Fsp3) is 0.446. The van der Waals surface area contributed by atoms with Crippen molar-refractivity contribution in [1.82, 2.24) is 25.4 Å². The Bertz CT molecular complexity index is 2640. The molecule has 1 aromatic heterocycles. The number of hydrogen-bond acceptors (Lipinski definition) is 13. The number of carbonyl (C=O) groups is 9. The van der Waals surface area contributed by atoms with Gasteiger partial charge in [0.1, 0.15) is 18.2 Å². The number of ketones is 2. The van der Waals surface area contributed by atoms with Gasteiger partial charge in [0.25, 0.3) is 17.7 Å². The lowest BCUT2D eigenvalue weighted by Gasteiger charge is -2.24. The smallest absolute Gasteiger partial charge is 0.312 e. The number of carbonyl (C=O) groups excluding carboxylic acids is 9. The molecule has 400 valence electrons. The molecule has 5 rings (SSSR count). The minimum Gasteiger partial charge on any atom is -0.461 e. The lowest BCUT2D eigenvalue weighted by atomic mass is 9.88. The summed E-state index contributed by atoms with van der Waals surface area (Å²) < 4.78 is 5.54. The summed E-state index contributed by atoms with van der Waals surface area (Å²) in [5, 5.41) is 8.23. The number of nitrogens with zero attached hydrogens (tertiary/aromatic N) is 4. The molecular formula is C56H71N9O10. The fourth-order valence-electron chi connectivity index (χ4n) is 8.69. The molecule has 0 bridgehead atoms. The lowest BCUT2D eigenvalue weighted by Crippen LogP contribution is -2.46. The monoisotopic (exact) mass is 1030 g/mol. The van der Waals surface area contributed by atoms with E-state index in [0.29, 0.717) is 90.0 Å². The Labute approximate surface area is 438 Å². The molecule has 7 amide bonds. The van der Waals surface area contributed by atoms with Crippen LogP contribution in [0.15, 0.2) is 83.6 Å². The van der Waals surface area contributed by atoms with E-state index in [2.05, 4.69) is 25.9 Å². The second-order valence-electron chi connectivity index (χ2n) is 19.2. The number of aromatic nitrogens is 1. The van der Waals surface area contributed by atoms with Gasteiger partial charge in [-0.3, -0.25) is 48.2 Å². The van der Waals surface area contributed by atoms with Gasteiger partial charge in [0.15, 0.2) is 5.78 Å². The van der Waals surface area contributed by atoms with Gasteiger partial charge < -0.3 is 37.1 Å². The number of amidine groups is 1. The highest BCUT2D eigenvalue weighted by atomic mass is 16.5. The number of pyridine rings is 1. The number of unbranched alkanes of at least 4 members (excludes halogenated alkanes) is 2. The fourth-order valence-corrected chi connectivity index (χ4v) is 8.69. The Morgan fingerprint density at radius 2 is 1.55 bits per heavy atom. The van der Waals surface area contributed by atoms with E-state index in [0.717, 1.165) is 17.7 Å². The van der Waals surface area contributed by atoms with Crippen molar-refractivity contribution in [2.75, 3.05) is 31.5 Å². The lowest BCUT2D eigenvalue weighted by molar-refractivity contribution is -0.145. The first-order valence-electron chi connectivity index (χ1n) is 25.8. The van der Waals surface area contributed by atoms with Crippen LogP contribution in [-0.4, -0.2) is 106 Å². The molecule has 0 aliphatic carbocycles. The van der Waals surface area contributed by atoms with Gasteiger partial charge in [-0.05, 0) is 91.8 Å². The number of fused-ring (bicyclic) bond motifs is 1. The summed E-state index contributed by atoms with van der Waals surface area (Å²) in [5.74, 6) is -3.04. The predicted octanol–water partition coefficient (Wildman–Crippen LogP) is 6.20. The average molecular weight is 1030 g/mol. The van der Waals surface area contributed by atoms with Crippen molar-refractivity contribution < 1.29 is 47.9 Å². The average Bonchev–Trinajstić information content (AvgIpc) is 3.59. The first-order valence-corrected chi connectivity index (χ1v) is 25.8. The summed E-state index contributed by atoms with van der Waals surface area (Å²) in [6, 6.07) is 12.1. The van der Waals surface area contributed by atoms with Crippen LogP contribution >= 0.6 is 0 Å². The minimum absolute atomic E-state index is 0.00838. The summed E-state index contributed by atoms with van der Waals surface area (Å²) in [4.78, 5) is 127. The molecule has 0 saturated heterocycles. The maximum Gasteiger partial charge on any atom is 0.312 e. The van der Waals surface area contributed by atoms with E-state index in [1.54, 1.807) is 60.8 Å². The van der Waals surface area contributed by atoms with E-state index in [-0.39, 0.29) is 99.3 Å². The van der Waals surface area contributed by atoms with Crippen molar-refractivity contribution in [2.24, 2.45) is 28.3 Å². The maximum atomic E-state index is 13.7. The molecule has 7 N–H and O–H groups in total. The zero-order chi connectivity index (χ0) is 54.4. The van der Waals surface area contributed by atoms with Crippen molar-refractivity contribution in [2.45, 2.75) is 124 Å². The maximum absolute atomic E-state index is 13.7. The number of amides is 7. The molecule has 1 unspecified atom stereocenters. The van der Waals surface area contributed by atoms with Crippen molar-refractivity contribution in [3.63, 3.8) is 0 Å². The molecule has 75 heavy (non-hydrogen) atoms. The highest BCUT2D eigenvalue weighted by Crippen LogP contribution is 2.29. The third-order valence-electron chi connectivity index (χ3n) is 12.8. The number of urea groups is 1. The molecular weight excluding hydrogens is 959 g/mol.